The van der Waals surface area contributed by atoms with E-state index in [1.807, 2.05) is 13.0 Å². The largest absolute Gasteiger partial charge is 0.414 e. The number of nitrogens with zero attached hydrogens (tertiary/aromatic N) is 4. The molecule has 12 heteroatoms. The van der Waals surface area contributed by atoms with Gasteiger partial charge in [0.2, 0.25) is 0 Å². The van der Waals surface area contributed by atoms with Gasteiger partial charge in [-0.05, 0) is 65.5 Å². The molecular weight excluding hydrogens is 626 g/mol. The molecule has 0 unspecified atom stereocenters. The molecule has 0 bridgehead atoms. The average Bonchev–Trinajstić information content (AvgIpc) is 3.14. The maximum Gasteiger partial charge on any atom is 0.414 e. The smallest absolute Gasteiger partial charge is 0.410 e. The average molecular weight is 676 g/mol. The van der Waals surface area contributed by atoms with Gasteiger partial charge in [0.1, 0.15) is 11.4 Å². The second kappa shape index (κ2) is 17.2. The van der Waals surface area contributed by atoms with Crippen molar-refractivity contribution in [3.05, 3.63) is 70.8 Å². The van der Waals surface area contributed by atoms with Gasteiger partial charge in [-0.1, -0.05) is 41.0 Å². The van der Waals surface area contributed by atoms with Crippen molar-refractivity contribution in [3.8, 4) is 17.2 Å². The summed E-state index contributed by atoms with van der Waals surface area (Å²) in [6.07, 6.45) is 8.12. The second-order valence-electron chi connectivity index (χ2n) is 12.8. The van der Waals surface area contributed by atoms with Gasteiger partial charge in [0, 0.05) is 61.0 Å². The molecule has 4 amide bonds. The van der Waals surface area contributed by atoms with Crippen LogP contribution in [0.15, 0.2) is 65.3 Å². The Morgan fingerprint density at radius 2 is 1.27 bits per heavy atom. The maximum atomic E-state index is 14.4. The van der Waals surface area contributed by atoms with Crippen molar-refractivity contribution in [1.29, 1.82) is 0 Å². The summed E-state index contributed by atoms with van der Waals surface area (Å²) >= 11 is 0. The fourth-order valence-electron chi connectivity index (χ4n) is 4.69. The molecule has 0 aromatic heterocycles. The van der Waals surface area contributed by atoms with Crippen molar-refractivity contribution in [1.82, 2.24) is 14.7 Å². The van der Waals surface area contributed by atoms with Crippen LogP contribution in [-0.2, 0) is 0 Å². The standard InChI is InChI=1S/C37H49N5O7/c1-24(2)14-11-15-25(3)16-12-17-26(4)20-21-42-29-22-27(47-35(44)39(5)6)23-31(49-37(46)41(9)10)33(29)38-32-28(34(42)43)18-13-19-30(32)48-36(45)40(7)8/h13-14,16,18-20,22-23,38H,11-12,15,17,21H2,1-10H3/b25-16+,26-20+. The molecule has 0 fully saturated rings. The number of fused-ring (bicyclic) bond motifs is 2. The molecule has 1 N–H and O–H groups in total. The summed E-state index contributed by atoms with van der Waals surface area (Å²) in [6, 6.07) is 7.73. The Morgan fingerprint density at radius 3 is 1.86 bits per heavy atom. The quantitative estimate of drug-likeness (QED) is 0.238. The van der Waals surface area contributed by atoms with Crippen LogP contribution in [0.3, 0.4) is 0 Å². The highest BCUT2D eigenvalue weighted by molar-refractivity contribution is 6.15. The molecule has 0 radical (unpaired) electrons. The molecule has 0 spiro atoms. The molecule has 1 aliphatic rings. The molecule has 1 aliphatic heterocycles. The highest BCUT2D eigenvalue weighted by Gasteiger charge is 2.32. The van der Waals surface area contributed by atoms with Gasteiger partial charge in [-0.25, -0.2) is 14.4 Å². The third kappa shape index (κ3) is 10.6. The Kier molecular flexibility index (Phi) is 13.4. The molecule has 264 valence electrons. The summed E-state index contributed by atoms with van der Waals surface area (Å²) in [5.74, 6) is -0.266. The highest BCUT2D eigenvalue weighted by atomic mass is 16.6. The normalized spacial score (nSPS) is 12.5. The van der Waals surface area contributed by atoms with Gasteiger partial charge in [-0.3, -0.25) is 4.79 Å². The van der Waals surface area contributed by atoms with Gasteiger partial charge in [-0.2, -0.15) is 0 Å². The Bertz CT molecular complexity index is 1650. The monoisotopic (exact) mass is 675 g/mol. The lowest BCUT2D eigenvalue weighted by Crippen LogP contribution is -2.31. The Balaban J connectivity index is 2.12. The number of carbonyl (C=O) groups is 4. The third-order valence-electron chi connectivity index (χ3n) is 7.54. The SMILES string of the molecule is CC(C)=CCC/C(C)=C/CC/C(C)=C/CN1C(=O)c2cccc(OC(=O)N(C)C)c2Nc2c(OC(=O)N(C)C)cc(OC(=O)N(C)C)cc21. The first-order valence-electron chi connectivity index (χ1n) is 16.1. The third-order valence-corrected chi connectivity index (χ3v) is 7.54. The van der Waals surface area contributed by atoms with E-state index in [4.69, 9.17) is 14.2 Å². The van der Waals surface area contributed by atoms with E-state index in [0.29, 0.717) is 0 Å². The van der Waals surface area contributed by atoms with Gasteiger partial charge in [-0.15, -0.1) is 0 Å². The molecular formula is C37H49N5O7. The zero-order valence-electron chi connectivity index (χ0n) is 30.3. The van der Waals surface area contributed by atoms with Crippen molar-refractivity contribution in [2.75, 3.05) is 59.0 Å². The summed E-state index contributed by atoms with van der Waals surface area (Å²) in [6.45, 7) is 8.50. The number of amides is 4. The van der Waals surface area contributed by atoms with Crippen molar-refractivity contribution < 1.29 is 33.4 Å². The molecule has 1 heterocycles. The molecule has 0 saturated heterocycles. The second-order valence-corrected chi connectivity index (χ2v) is 12.8. The number of allylic oxidation sites excluding steroid dienone is 5. The Hall–Kier alpha value is -5.26. The van der Waals surface area contributed by atoms with Gasteiger partial charge < -0.3 is 39.1 Å². The van der Waals surface area contributed by atoms with E-state index >= 15 is 0 Å². The van der Waals surface area contributed by atoms with Crippen LogP contribution in [0.5, 0.6) is 17.2 Å². The lowest BCUT2D eigenvalue weighted by Gasteiger charge is -2.24. The number of para-hydroxylation sites is 1. The summed E-state index contributed by atoms with van der Waals surface area (Å²) in [7, 11) is 9.23. The molecule has 2 aromatic rings. The number of hydrogen-bond acceptors (Lipinski definition) is 8. The van der Waals surface area contributed by atoms with Crippen molar-refractivity contribution in [3.63, 3.8) is 0 Å². The first-order valence-corrected chi connectivity index (χ1v) is 16.1. The molecule has 49 heavy (non-hydrogen) atoms. The van der Waals surface area contributed by atoms with E-state index in [2.05, 4.69) is 38.2 Å². The zero-order chi connectivity index (χ0) is 36.4. The summed E-state index contributed by atoms with van der Waals surface area (Å²) in [5.41, 5.74) is 4.67. The van der Waals surface area contributed by atoms with Crippen molar-refractivity contribution in [2.45, 2.75) is 53.4 Å². The predicted octanol–water partition coefficient (Wildman–Crippen LogP) is 7.99. The lowest BCUT2D eigenvalue weighted by atomic mass is 10.1. The Morgan fingerprint density at radius 1 is 0.714 bits per heavy atom. The van der Waals surface area contributed by atoms with Crippen LogP contribution in [0.1, 0.15) is 63.7 Å². The van der Waals surface area contributed by atoms with Crippen LogP contribution >= 0.6 is 0 Å². The molecule has 0 saturated carbocycles. The van der Waals surface area contributed by atoms with Gasteiger partial charge >= 0.3 is 18.3 Å². The van der Waals surface area contributed by atoms with Crippen LogP contribution in [-0.4, -0.2) is 87.7 Å². The van der Waals surface area contributed by atoms with E-state index in [1.165, 1.54) is 71.1 Å². The van der Waals surface area contributed by atoms with Crippen LogP contribution < -0.4 is 24.4 Å². The number of anilines is 3. The highest BCUT2D eigenvalue weighted by Crippen LogP contribution is 2.47. The van der Waals surface area contributed by atoms with Crippen LogP contribution in [0, 0.1) is 0 Å². The summed E-state index contributed by atoms with van der Waals surface area (Å²) in [4.78, 5) is 57.7. The van der Waals surface area contributed by atoms with E-state index in [1.54, 1.807) is 32.3 Å². The predicted molar refractivity (Wildman–Crippen MR) is 192 cm³/mol. The minimum absolute atomic E-state index is 0.00780. The summed E-state index contributed by atoms with van der Waals surface area (Å²) < 4.78 is 17.0. The maximum absolute atomic E-state index is 14.4. The number of hydrogen-bond donors (Lipinski definition) is 1. The van der Waals surface area contributed by atoms with Crippen molar-refractivity contribution >= 4 is 41.2 Å². The fourth-order valence-corrected chi connectivity index (χ4v) is 4.69. The van der Waals surface area contributed by atoms with Crippen LogP contribution in [0.4, 0.5) is 31.4 Å². The molecule has 3 rings (SSSR count). The van der Waals surface area contributed by atoms with E-state index in [-0.39, 0.29) is 46.4 Å². The van der Waals surface area contributed by atoms with E-state index in [0.717, 1.165) is 31.3 Å². The van der Waals surface area contributed by atoms with Crippen LogP contribution in [0.25, 0.3) is 0 Å². The fraction of sp³-hybridized carbons (Fsp3) is 0.405. The minimum Gasteiger partial charge on any atom is -0.410 e. The summed E-state index contributed by atoms with van der Waals surface area (Å²) in [5, 5.41) is 3.21. The van der Waals surface area contributed by atoms with E-state index in [9.17, 15) is 19.2 Å². The number of rotatable bonds is 11. The number of nitrogens with one attached hydrogen (secondary N) is 1. The molecule has 12 nitrogen and oxygen atoms in total. The first-order chi connectivity index (χ1) is 23.1. The van der Waals surface area contributed by atoms with E-state index < -0.39 is 24.2 Å². The number of benzene rings is 2. The van der Waals surface area contributed by atoms with Gasteiger partial charge in [0.15, 0.2) is 11.5 Å². The molecule has 0 atom stereocenters. The first kappa shape index (κ1) is 38.2. The Labute approximate surface area is 289 Å². The van der Waals surface area contributed by atoms with Gasteiger partial charge in [0.05, 0.1) is 16.9 Å². The minimum atomic E-state index is -0.699. The van der Waals surface area contributed by atoms with Crippen molar-refractivity contribution in [2.24, 2.45) is 0 Å². The zero-order valence-corrected chi connectivity index (χ0v) is 30.3. The van der Waals surface area contributed by atoms with Crippen LogP contribution in [0.2, 0.25) is 0 Å². The van der Waals surface area contributed by atoms with Gasteiger partial charge in [0.25, 0.3) is 5.91 Å². The number of carbonyl (C=O) groups excluding carboxylic acids is 4. The molecule has 2 aromatic carbocycles. The molecule has 0 aliphatic carbocycles. The topological polar surface area (TPSA) is 121 Å². The number of ether oxygens (including phenoxy) is 3. The lowest BCUT2D eigenvalue weighted by molar-refractivity contribution is 0.0990.